The van der Waals surface area contributed by atoms with Crippen molar-refractivity contribution in [3.8, 4) is 0 Å². The van der Waals surface area contributed by atoms with Crippen molar-refractivity contribution in [1.82, 2.24) is 19.6 Å². The molecule has 0 radical (unpaired) electrons. The Labute approximate surface area is 163 Å². The first-order valence-corrected chi connectivity index (χ1v) is 10.6. The van der Waals surface area contributed by atoms with Gasteiger partial charge in [-0.2, -0.15) is 0 Å². The van der Waals surface area contributed by atoms with Crippen LogP contribution in [0.25, 0.3) is 0 Å². The molecule has 27 heavy (non-hydrogen) atoms. The van der Waals surface area contributed by atoms with Gasteiger partial charge in [-0.05, 0) is 45.2 Å². The minimum Gasteiger partial charge on any atom is -0.368 e. The lowest BCUT2D eigenvalue weighted by molar-refractivity contribution is -0.143. The van der Waals surface area contributed by atoms with Gasteiger partial charge in [-0.1, -0.05) is 0 Å². The molecule has 154 valence electrons. The third-order valence-electron chi connectivity index (χ3n) is 6.21. The van der Waals surface area contributed by atoms with E-state index >= 15 is 0 Å². The van der Waals surface area contributed by atoms with Crippen molar-refractivity contribution in [2.75, 3.05) is 73.1 Å². The summed E-state index contributed by atoms with van der Waals surface area (Å²) in [5.74, 6) is 0.992. The largest absolute Gasteiger partial charge is 0.368 e. The van der Waals surface area contributed by atoms with Crippen molar-refractivity contribution in [3.63, 3.8) is 0 Å². The summed E-state index contributed by atoms with van der Waals surface area (Å²) in [6, 6.07) is 0. The molecule has 0 spiro atoms. The standard InChI is InChI=1S/C20H36N4O3/c1-21-8-3-5-17(15-21)16-22(2)19(25)7-9-23-10-12-24(13-11-23)20(26)18-6-4-14-27-18/h17-18H,3-16H2,1-2H3. The molecule has 3 fully saturated rings. The van der Waals surface area contributed by atoms with E-state index in [1.807, 2.05) is 16.8 Å². The van der Waals surface area contributed by atoms with Crippen molar-refractivity contribution in [3.05, 3.63) is 0 Å². The number of carbonyl (C=O) groups excluding carboxylic acids is 2. The van der Waals surface area contributed by atoms with Crippen LogP contribution >= 0.6 is 0 Å². The fourth-order valence-electron chi connectivity index (χ4n) is 4.52. The van der Waals surface area contributed by atoms with E-state index in [1.165, 1.54) is 19.4 Å². The molecule has 2 unspecified atom stereocenters. The number of likely N-dealkylation sites (tertiary alicyclic amines) is 1. The number of piperidine rings is 1. The lowest BCUT2D eigenvalue weighted by Crippen LogP contribution is -2.51. The fraction of sp³-hybridized carbons (Fsp3) is 0.900. The molecule has 2 amide bonds. The Balaban J connectivity index is 1.33. The van der Waals surface area contributed by atoms with Crippen LogP contribution in [0.1, 0.15) is 32.1 Å². The third kappa shape index (κ3) is 5.90. The molecule has 3 rings (SSSR count). The van der Waals surface area contributed by atoms with E-state index in [2.05, 4.69) is 16.8 Å². The number of carbonyl (C=O) groups is 2. The minimum atomic E-state index is -0.217. The van der Waals surface area contributed by atoms with Gasteiger partial charge in [0.25, 0.3) is 5.91 Å². The zero-order chi connectivity index (χ0) is 19.2. The molecule has 0 saturated carbocycles. The minimum absolute atomic E-state index is 0.153. The van der Waals surface area contributed by atoms with Crippen molar-refractivity contribution >= 4 is 11.8 Å². The highest BCUT2D eigenvalue weighted by Crippen LogP contribution is 2.17. The molecule has 0 aromatic rings. The predicted octanol–water partition coefficient (Wildman–Crippen LogP) is 0.500. The van der Waals surface area contributed by atoms with Crippen LogP contribution in [0, 0.1) is 5.92 Å². The maximum Gasteiger partial charge on any atom is 0.251 e. The first-order valence-electron chi connectivity index (χ1n) is 10.6. The lowest BCUT2D eigenvalue weighted by Gasteiger charge is -2.36. The molecular weight excluding hydrogens is 344 g/mol. The number of nitrogens with zero attached hydrogens (tertiary/aromatic N) is 4. The highest BCUT2D eigenvalue weighted by Gasteiger charge is 2.30. The number of piperazine rings is 1. The number of amides is 2. The van der Waals surface area contributed by atoms with Gasteiger partial charge >= 0.3 is 0 Å². The third-order valence-corrected chi connectivity index (χ3v) is 6.21. The molecule has 7 nitrogen and oxygen atoms in total. The number of hydrogen-bond donors (Lipinski definition) is 0. The Morgan fingerprint density at radius 2 is 1.85 bits per heavy atom. The molecule has 3 aliphatic heterocycles. The predicted molar refractivity (Wildman–Crippen MR) is 104 cm³/mol. The molecular formula is C20H36N4O3. The highest BCUT2D eigenvalue weighted by atomic mass is 16.5. The summed E-state index contributed by atoms with van der Waals surface area (Å²) < 4.78 is 5.51. The summed E-state index contributed by atoms with van der Waals surface area (Å²) in [4.78, 5) is 33.4. The molecule has 0 aliphatic carbocycles. The van der Waals surface area contributed by atoms with Crippen molar-refractivity contribution in [2.45, 2.75) is 38.2 Å². The van der Waals surface area contributed by atoms with Gasteiger partial charge in [0.15, 0.2) is 0 Å². The van der Waals surface area contributed by atoms with Gasteiger partial charge in [-0.25, -0.2) is 0 Å². The van der Waals surface area contributed by atoms with Crippen LogP contribution in [0.4, 0.5) is 0 Å². The Kier molecular flexibility index (Phi) is 7.49. The first kappa shape index (κ1) is 20.6. The van der Waals surface area contributed by atoms with Crippen LogP contribution in [-0.2, 0) is 14.3 Å². The molecule has 2 atom stereocenters. The number of rotatable bonds is 6. The fourth-order valence-corrected chi connectivity index (χ4v) is 4.52. The summed E-state index contributed by atoms with van der Waals surface area (Å²) in [5, 5.41) is 0. The summed E-state index contributed by atoms with van der Waals surface area (Å²) in [6.45, 7) is 7.83. The van der Waals surface area contributed by atoms with E-state index in [9.17, 15) is 9.59 Å². The summed E-state index contributed by atoms with van der Waals surface area (Å²) in [5.41, 5.74) is 0. The molecule has 3 heterocycles. The second kappa shape index (κ2) is 9.85. The van der Waals surface area contributed by atoms with Crippen LogP contribution < -0.4 is 0 Å². The van der Waals surface area contributed by atoms with Crippen LogP contribution in [0.3, 0.4) is 0 Å². The van der Waals surface area contributed by atoms with Crippen molar-refractivity contribution in [2.24, 2.45) is 5.92 Å². The second-order valence-corrected chi connectivity index (χ2v) is 8.46. The van der Waals surface area contributed by atoms with Crippen molar-refractivity contribution < 1.29 is 14.3 Å². The maximum atomic E-state index is 12.5. The molecule has 3 aliphatic rings. The van der Waals surface area contributed by atoms with E-state index in [1.54, 1.807) is 0 Å². The van der Waals surface area contributed by atoms with Gasteiger partial charge in [0, 0.05) is 65.9 Å². The molecule has 0 aromatic carbocycles. The van der Waals surface area contributed by atoms with E-state index in [0.717, 1.165) is 58.7 Å². The van der Waals surface area contributed by atoms with Gasteiger partial charge in [0.1, 0.15) is 6.10 Å². The van der Waals surface area contributed by atoms with Gasteiger partial charge in [0.2, 0.25) is 5.91 Å². The maximum absolute atomic E-state index is 12.5. The van der Waals surface area contributed by atoms with E-state index < -0.39 is 0 Å². The Morgan fingerprint density at radius 3 is 2.52 bits per heavy atom. The van der Waals surface area contributed by atoms with Gasteiger partial charge in [-0.3, -0.25) is 14.5 Å². The second-order valence-electron chi connectivity index (χ2n) is 8.46. The highest BCUT2D eigenvalue weighted by molar-refractivity contribution is 5.81. The van der Waals surface area contributed by atoms with Crippen LogP contribution in [-0.4, -0.2) is 111 Å². The van der Waals surface area contributed by atoms with E-state index in [0.29, 0.717) is 18.9 Å². The summed E-state index contributed by atoms with van der Waals surface area (Å²) in [6.07, 6.45) is 4.66. The Bertz CT molecular complexity index is 501. The normalized spacial score (nSPS) is 27.7. The topological polar surface area (TPSA) is 56.3 Å². The SMILES string of the molecule is CN1CCCC(CN(C)C(=O)CCN2CCN(C(=O)C3CCCO3)CC2)C1. The van der Waals surface area contributed by atoms with E-state index in [4.69, 9.17) is 4.74 Å². The van der Waals surface area contributed by atoms with Crippen LogP contribution in [0.15, 0.2) is 0 Å². The van der Waals surface area contributed by atoms with Crippen LogP contribution in [0.2, 0.25) is 0 Å². The quantitative estimate of drug-likeness (QED) is 0.672. The molecule has 7 heteroatoms. The zero-order valence-electron chi connectivity index (χ0n) is 17.1. The smallest absolute Gasteiger partial charge is 0.251 e. The average molecular weight is 381 g/mol. The molecule has 0 bridgehead atoms. The van der Waals surface area contributed by atoms with Gasteiger partial charge in [0.05, 0.1) is 0 Å². The molecule has 3 saturated heterocycles. The average Bonchev–Trinajstić information content (AvgIpc) is 3.20. The number of hydrogen-bond acceptors (Lipinski definition) is 5. The lowest BCUT2D eigenvalue weighted by atomic mass is 9.98. The Morgan fingerprint density at radius 1 is 1.07 bits per heavy atom. The van der Waals surface area contributed by atoms with Crippen molar-refractivity contribution in [1.29, 1.82) is 0 Å². The van der Waals surface area contributed by atoms with E-state index in [-0.39, 0.29) is 17.9 Å². The number of ether oxygens (including phenoxy) is 1. The molecule has 0 aromatic heterocycles. The summed E-state index contributed by atoms with van der Waals surface area (Å²) >= 11 is 0. The molecule has 0 N–H and O–H groups in total. The van der Waals surface area contributed by atoms with Gasteiger partial charge < -0.3 is 19.4 Å². The van der Waals surface area contributed by atoms with Crippen LogP contribution in [0.5, 0.6) is 0 Å². The first-order chi connectivity index (χ1) is 13.0. The summed E-state index contributed by atoms with van der Waals surface area (Å²) in [7, 11) is 4.10. The Hall–Kier alpha value is -1.18. The monoisotopic (exact) mass is 380 g/mol. The van der Waals surface area contributed by atoms with Gasteiger partial charge in [-0.15, -0.1) is 0 Å². The zero-order valence-corrected chi connectivity index (χ0v) is 17.1.